The molecule has 0 heterocycles. The average Bonchev–Trinajstić information content (AvgIpc) is 2.69. The SMILES string of the molecule is CCCCCCCCCc1ccc(C(=O)O)c(C(=O)O)c1CCCCCCCC. The van der Waals surface area contributed by atoms with E-state index in [4.69, 9.17) is 0 Å². The summed E-state index contributed by atoms with van der Waals surface area (Å²) in [7, 11) is 0. The molecule has 4 nitrogen and oxygen atoms in total. The summed E-state index contributed by atoms with van der Waals surface area (Å²) in [5.41, 5.74) is 1.70. The van der Waals surface area contributed by atoms with Crippen LogP contribution in [0, 0.1) is 0 Å². The minimum absolute atomic E-state index is 0.00602. The van der Waals surface area contributed by atoms with Crippen molar-refractivity contribution in [2.75, 3.05) is 0 Å². The van der Waals surface area contributed by atoms with Gasteiger partial charge in [0.15, 0.2) is 0 Å². The van der Waals surface area contributed by atoms with Crippen LogP contribution in [0.4, 0.5) is 0 Å². The molecular weight excluding hydrogens is 364 g/mol. The number of carboxylic acids is 2. The molecule has 1 aromatic carbocycles. The van der Waals surface area contributed by atoms with Crippen LogP contribution in [-0.4, -0.2) is 22.2 Å². The molecule has 0 fully saturated rings. The minimum atomic E-state index is -1.16. The fraction of sp³-hybridized carbons (Fsp3) is 0.680. The van der Waals surface area contributed by atoms with Crippen LogP contribution in [0.2, 0.25) is 0 Å². The van der Waals surface area contributed by atoms with E-state index < -0.39 is 11.9 Å². The summed E-state index contributed by atoms with van der Waals surface area (Å²) < 4.78 is 0. The van der Waals surface area contributed by atoms with Crippen molar-refractivity contribution >= 4 is 11.9 Å². The quantitative estimate of drug-likeness (QED) is 0.267. The largest absolute Gasteiger partial charge is 0.478 e. The number of hydrogen-bond donors (Lipinski definition) is 2. The highest BCUT2D eigenvalue weighted by atomic mass is 16.4. The molecule has 29 heavy (non-hydrogen) atoms. The van der Waals surface area contributed by atoms with E-state index in [9.17, 15) is 19.8 Å². The molecule has 0 saturated heterocycles. The van der Waals surface area contributed by atoms with Crippen LogP contribution in [0.3, 0.4) is 0 Å². The summed E-state index contributed by atoms with van der Waals surface area (Å²) in [4.78, 5) is 23.4. The number of rotatable bonds is 17. The summed E-state index contributed by atoms with van der Waals surface area (Å²) in [5.74, 6) is -2.28. The van der Waals surface area contributed by atoms with Crippen molar-refractivity contribution < 1.29 is 19.8 Å². The zero-order valence-corrected chi connectivity index (χ0v) is 18.5. The van der Waals surface area contributed by atoms with Crippen LogP contribution in [0.5, 0.6) is 0 Å². The second-order valence-electron chi connectivity index (χ2n) is 8.13. The van der Waals surface area contributed by atoms with E-state index >= 15 is 0 Å². The van der Waals surface area contributed by atoms with Gasteiger partial charge in [0.1, 0.15) is 0 Å². The van der Waals surface area contributed by atoms with Crippen LogP contribution in [0.1, 0.15) is 129 Å². The summed E-state index contributed by atoms with van der Waals surface area (Å²) in [5, 5.41) is 19.2. The van der Waals surface area contributed by atoms with Gasteiger partial charge in [0.25, 0.3) is 0 Å². The fourth-order valence-electron chi connectivity index (χ4n) is 3.99. The molecule has 0 saturated carbocycles. The van der Waals surface area contributed by atoms with Crippen molar-refractivity contribution in [3.63, 3.8) is 0 Å². The van der Waals surface area contributed by atoms with Gasteiger partial charge in [-0.15, -0.1) is 0 Å². The highest BCUT2D eigenvalue weighted by Crippen LogP contribution is 2.25. The van der Waals surface area contributed by atoms with Gasteiger partial charge in [-0.05, 0) is 42.9 Å². The van der Waals surface area contributed by atoms with Gasteiger partial charge >= 0.3 is 11.9 Å². The van der Waals surface area contributed by atoms with E-state index in [-0.39, 0.29) is 11.1 Å². The maximum absolute atomic E-state index is 11.9. The predicted octanol–water partition coefficient (Wildman–Crippen LogP) is 7.28. The van der Waals surface area contributed by atoms with Crippen LogP contribution in [0.15, 0.2) is 12.1 Å². The van der Waals surface area contributed by atoms with Crippen molar-refractivity contribution in [1.82, 2.24) is 0 Å². The highest BCUT2D eigenvalue weighted by molar-refractivity contribution is 6.03. The molecule has 0 unspecified atom stereocenters. The molecule has 0 spiro atoms. The number of carboxylic acid groups (broad SMARTS) is 2. The lowest BCUT2D eigenvalue weighted by Gasteiger charge is -2.15. The lowest BCUT2D eigenvalue weighted by Crippen LogP contribution is -2.14. The third-order valence-corrected chi connectivity index (χ3v) is 5.68. The van der Waals surface area contributed by atoms with Gasteiger partial charge < -0.3 is 10.2 Å². The Hall–Kier alpha value is -1.84. The standard InChI is InChI=1S/C25H40O4/c1-3-5-7-9-11-12-14-16-20-18-19-22(24(26)27)23(25(28)29)21(20)17-15-13-10-8-6-4-2/h18-19H,3-17H2,1-2H3,(H,26,27)(H,28,29). The molecule has 2 N–H and O–H groups in total. The van der Waals surface area contributed by atoms with Gasteiger partial charge in [-0.3, -0.25) is 0 Å². The topological polar surface area (TPSA) is 74.6 Å². The first kappa shape index (κ1) is 25.2. The predicted molar refractivity (Wildman–Crippen MR) is 119 cm³/mol. The molecular formula is C25H40O4. The number of carbonyl (C=O) groups is 2. The van der Waals surface area contributed by atoms with Crippen molar-refractivity contribution in [3.8, 4) is 0 Å². The first-order chi connectivity index (χ1) is 14.0. The zero-order valence-electron chi connectivity index (χ0n) is 18.5. The van der Waals surface area contributed by atoms with Crippen molar-refractivity contribution in [3.05, 3.63) is 34.4 Å². The van der Waals surface area contributed by atoms with E-state index in [1.165, 1.54) is 57.4 Å². The zero-order chi connectivity index (χ0) is 21.5. The van der Waals surface area contributed by atoms with Crippen molar-refractivity contribution in [1.29, 1.82) is 0 Å². The first-order valence-electron chi connectivity index (χ1n) is 11.6. The smallest absolute Gasteiger partial charge is 0.336 e. The second kappa shape index (κ2) is 15.1. The number of unbranched alkanes of at least 4 members (excludes halogenated alkanes) is 11. The fourth-order valence-corrected chi connectivity index (χ4v) is 3.99. The molecule has 0 amide bonds. The molecule has 0 radical (unpaired) electrons. The summed E-state index contributed by atoms with van der Waals surface area (Å²) in [6.07, 6.45) is 16.7. The number of aromatic carboxylic acids is 2. The van der Waals surface area contributed by atoms with Gasteiger partial charge in [0, 0.05) is 0 Å². The first-order valence-corrected chi connectivity index (χ1v) is 11.6. The van der Waals surface area contributed by atoms with Gasteiger partial charge in [0.05, 0.1) is 11.1 Å². The van der Waals surface area contributed by atoms with E-state index in [0.717, 1.165) is 49.7 Å². The number of benzene rings is 1. The Labute approximate surface area is 176 Å². The minimum Gasteiger partial charge on any atom is -0.478 e. The van der Waals surface area contributed by atoms with Gasteiger partial charge in [-0.1, -0.05) is 90.5 Å². The van der Waals surface area contributed by atoms with Gasteiger partial charge in [-0.25, -0.2) is 9.59 Å². The maximum atomic E-state index is 11.9. The lowest BCUT2D eigenvalue weighted by atomic mass is 9.89. The Balaban J connectivity index is 2.80. The van der Waals surface area contributed by atoms with Crippen molar-refractivity contribution in [2.45, 2.75) is 110 Å². The monoisotopic (exact) mass is 404 g/mol. The van der Waals surface area contributed by atoms with E-state index in [1.807, 2.05) is 6.07 Å². The summed E-state index contributed by atoms with van der Waals surface area (Å²) in [6, 6.07) is 3.33. The summed E-state index contributed by atoms with van der Waals surface area (Å²) >= 11 is 0. The molecule has 0 aliphatic heterocycles. The maximum Gasteiger partial charge on any atom is 0.336 e. The highest BCUT2D eigenvalue weighted by Gasteiger charge is 2.22. The number of hydrogen-bond acceptors (Lipinski definition) is 2. The molecule has 1 aromatic rings. The average molecular weight is 405 g/mol. The third-order valence-electron chi connectivity index (χ3n) is 5.68. The molecule has 0 aliphatic carbocycles. The molecule has 0 aromatic heterocycles. The van der Waals surface area contributed by atoms with E-state index in [1.54, 1.807) is 0 Å². The molecule has 0 bridgehead atoms. The Morgan fingerprint density at radius 1 is 0.655 bits per heavy atom. The van der Waals surface area contributed by atoms with Gasteiger partial charge in [-0.2, -0.15) is 0 Å². The summed E-state index contributed by atoms with van der Waals surface area (Å²) in [6.45, 7) is 4.40. The Kier molecular flexibility index (Phi) is 13.1. The van der Waals surface area contributed by atoms with Crippen molar-refractivity contribution in [2.24, 2.45) is 0 Å². The Morgan fingerprint density at radius 2 is 1.14 bits per heavy atom. The molecule has 0 atom stereocenters. The lowest BCUT2D eigenvalue weighted by molar-refractivity contribution is 0.0650. The van der Waals surface area contributed by atoms with Crippen LogP contribution in [-0.2, 0) is 12.8 Å². The third kappa shape index (κ3) is 9.47. The second-order valence-corrected chi connectivity index (χ2v) is 8.13. The van der Waals surface area contributed by atoms with Crippen LogP contribution >= 0.6 is 0 Å². The Morgan fingerprint density at radius 3 is 1.62 bits per heavy atom. The van der Waals surface area contributed by atoms with E-state index in [2.05, 4.69) is 13.8 Å². The molecule has 4 heteroatoms. The Bertz CT molecular complexity index is 621. The molecule has 0 aliphatic rings. The van der Waals surface area contributed by atoms with Gasteiger partial charge in [0.2, 0.25) is 0 Å². The molecule has 1 rings (SSSR count). The molecule has 164 valence electrons. The normalized spacial score (nSPS) is 11.0. The number of aryl methyl sites for hydroxylation is 1. The van der Waals surface area contributed by atoms with Crippen LogP contribution < -0.4 is 0 Å². The van der Waals surface area contributed by atoms with Crippen LogP contribution in [0.25, 0.3) is 0 Å². The van der Waals surface area contributed by atoms with E-state index in [0.29, 0.717) is 6.42 Å².